The predicted octanol–water partition coefficient (Wildman–Crippen LogP) is 3.65. The van der Waals surface area contributed by atoms with Crippen LogP contribution < -0.4 is 16.8 Å². The smallest absolute Gasteiger partial charge is 0.255 e. The molecular formula is C20H17N5O. The number of carbonyl (C=O) groups excluding carboxylic acids is 1. The lowest BCUT2D eigenvalue weighted by Gasteiger charge is -2.06. The zero-order valence-electron chi connectivity index (χ0n) is 13.9. The van der Waals surface area contributed by atoms with Crippen LogP contribution in [0.15, 0.2) is 66.7 Å². The van der Waals surface area contributed by atoms with E-state index >= 15 is 0 Å². The summed E-state index contributed by atoms with van der Waals surface area (Å²) in [5, 5.41) is 2.86. The number of rotatable bonds is 3. The number of amides is 1. The number of hydrogen-bond acceptors (Lipinski definition) is 4. The predicted molar refractivity (Wildman–Crippen MR) is 105 cm³/mol. The third kappa shape index (κ3) is 3.08. The van der Waals surface area contributed by atoms with E-state index in [0.29, 0.717) is 22.6 Å². The fourth-order valence-corrected chi connectivity index (χ4v) is 2.71. The largest absolute Gasteiger partial charge is 0.399 e. The molecule has 0 bridgehead atoms. The average molecular weight is 343 g/mol. The Balaban J connectivity index is 1.54. The number of nitrogens with two attached hydrogens (primary N) is 2. The highest BCUT2D eigenvalue weighted by atomic mass is 16.1. The van der Waals surface area contributed by atoms with Gasteiger partial charge in [-0.25, -0.2) is 4.98 Å². The Kier molecular flexibility index (Phi) is 3.78. The Morgan fingerprint density at radius 1 is 0.885 bits per heavy atom. The molecule has 6 nitrogen and oxygen atoms in total. The van der Waals surface area contributed by atoms with Crippen molar-refractivity contribution in [2.75, 3.05) is 16.8 Å². The van der Waals surface area contributed by atoms with Crippen molar-refractivity contribution in [3.63, 3.8) is 0 Å². The molecule has 6 N–H and O–H groups in total. The second-order valence-corrected chi connectivity index (χ2v) is 6.02. The van der Waals surface area contributed by atoms with Gasteiger partial charge in [-0.1, -0.05) is 0 Å². The van der Waals surface area contributed by atoms with Gasteiger partial charge in [-0.3, -0.25) is 4.79 Å². The lowest BCUT2D eigenvalue weighted by atomic mass is 10.1. The molecule has 0 aliphatic carbocycles. The van der Waals surface area contributed by atoms with Crippen LogP contribution >= 0.6 is 0 Å². The molecule has 0 aliphatic rings. The van der Waals surface area contributed by atoms with E-state index in [4.69, 9.17) is 11.5 Å². The SMILES string of the molecule is Nc1ccc(C(=O)Nc2ccc(-c3nc4cc(N)ccc4[nH]3)cc2)cc1. The minimum absolute atomic E-state index is 0.183. The minimum atomic E-state index is -0.183. The number of anilines is 3. The Morgan fingerprint density at radius 2 is 1.58 bits per heavy atom. The van der Waals surface area contributed by atoms with Gasteiger partial charge in [-0.15, -0.1) is 0 Å². The number of carbonyl (C=O) groups is 1. The van der Waals surface area contributed by atoms with Crippen molar-refractivity contribution in [1.82, 2.24) is 9.97 Å². The van der Waals surface area contributed by atoms with E-state index < -0.39 is 0 Å². The molecule has 0 unspecified atom stereocenters. The van der Waals surface area contributed by atoms with Crippen molar-refractivity contribution in [2.24, 2.45) is 0 Å². The summed E-state index contributed by atoms with van der Waals surface area (Å²) in [6, 6.07) is 19.8. The summed E-state index contributed by atoms with van der Waals surface area (Å²) >= 11 is 0. The molecule has 0 saturated heterocycles. The summed E-state index contributed by atoms with van der Waals surface area (Å²) in [6.07, 6.45) is 0. The molecule has 0 atom stereocenters. The van der Waals surface area contributed by atoms with Crippen LogP contribution in [0.5, 0.6) is 0 Å². The lowest BCUT2D eigenvalue weighted by molar-refractivity contribution is 0.102. The molecule has 4 aromatic rings. The highest BCUT2D eigenvalue weighted by Crippen LogP contribution is 2.23. The highest BCUT2D eigenvalue weighted by Gasteiger charge is 2.08. The molecule has 4 rings (SSSR count). The van der Waals surface area contributed by atoms with Crippen LogP contribution in [0.3, 0.4) is 0 Å². The number of nitrogen functional groups attached to an aromatic ring is 2. The van der Waals surface area contributed by atoms with E-state index in [9.17, 15) is 4.79 Å². The van der Waals surface area contributed by atoms with E-state index in [1.54, 1.807) is 24.3 Å². The van der Waals surface area contributed by atoms with E-state index in [0.717, 1.165) is 22.4 Å². The number of nitrogens with zero attached hydrogens (tertiary/aromatic N) is 1. The van der Waals surface area contributed by atoms with Crippen LogP contribution in [0.1, 0.15) is 10.4 Å². The van der Waals surface area contributed by atoms with Crippen molar-refractivity contribution in [3.8, 4) is 11.4 Å². The molecule has 0 spiro atoms. The first-order valence-corrected chi connectivity index (χ1v) is 8.11. The Bertz CT molecular complexity index is 1080. The number of aromatic amines is 1. The van der Waals surface area contributed by atoms with E-state index in [1.807, 2.05) is 42.5 Å². The minimum Gasteiger partial charge on any atom is -0.399 e. The number of benzene rings is 3. The molecule has 0 fully saturated rings. The van der Waals surface area contributed by atoms with Gasteiger partial charge in [0, 0.05) is 28.2 Å². The van der Waals surface area contributed by atoms with Crippen LogP contribution in [0.25, 0.3) is 22.4 Å². The van der Waals surface area contributed by atoms with Crippen LogP contribution in [-0.2, 0) is 0 Å². The maximum Gasteiger partial charge on any atom is 0.255 e. The number of fused-ring (bicyclic) bond motifs is 1. The van der Waals surface area contributed by atoms with Gasteiger partial charge in [0.15, 0.2) is 0 Å². The molecule has 0 aliphatic heterocycles. The average Bonchev–Trinajstić information content (AvgIpc) is 3.06. The number of H-pyrrole nitrogens is 1. The van der Waals surface area contributed by atoms with Gasteiger partial charge in [-0.05, 0) is 66.7 Å². The second kappa shape index (κ2) is 6.25. The summed E-state index contributed by atoms with van der Waals surface area (Å²) in [5.41, 5.74) is 16.7. The van der Waals surface area contributed by atoms with Crippen molar-refractivity contribution in [3.05, 3.63) is 72.3 Å². The molecule has 3 aromatic carbocycles. The lowest BCUT2D eigenvalue weighted by Crippen LogP contribution is -2.11. The standard InChI is InChI=1S/C20H17N5O/c21-14-5-1-13(2-6-14)20(26)23-16-8-3-12(4-9-16)19-24-17-10-7-15(22)11-18(17)25-19/h1-11H,21-22H2,(H,23,26)(H,24,25). The van der Waals surface area contributed by atoms with E-state index in [-0.39, 0.29) is 5.91 Å². The molecule has 0 saturated carbocycles. The van der Waals surface area contributed by atoms with Crippen molar-refractivity contribution in [1.29, 1.82) is 0 Å². The topological polar surface area (TPSA) is 110 Å². The maximum atomic E-state index is 12.2. The molecule has 1 aromatic heterocycles. The zero-order valence-corrected chi connectivity index (χ0v) is 13.9. The first kappa shape index (κ1) is 15.7. The molecule has 1 heterocycles. The zero-order chi connectivity index (χ0) is 18.1. The number of aromatic nitrogens is 2. The van der Waals surface area contributed by atoms with Crippen molar-refractivity contribution >= 4 is 34.0 Å². The number of imidazole rings is 1. The third-order valence-electron chi connectivity index (χ3n) is 4.10. The van der Waals surface area contributed by atoms with Gasteiger partial charge >= 0.3 is 0 Å². The summed E-state index contributed by atoms with van der Waals surface area (Å²) in [5.74, 6) is 0.568. The Morgan fingerprint density at radius 3 is 2.31 bits per heavy atom. The van der Waals surface area contributed by atoms with Gasteiger partial charge in [0.2, 0.25) is 0 Å². The van der Waals surface area contributed by atoms with Crippen molar-refractivity contribution < 1.29 is 4.79 Å². The van der Waals surface area contributed by atoms with Crippen LogP contribution in [0.4, 0.5) is 17.1 Å². The summed E-state index contributed by atoms with van der Waals surface area (Å²) in [7, 11) is 0. The summed E-state index contributed by atoms with van der Waals surface area (Å²) in [6.45, 7) is 0. The van der Waals surface area contributed by atoms with Gasteiger partial charge in [0.05, 0.1) is 11.0 Å². The van der Waals surface area contributed by atoms with E-state index in [2.05, 4.69) is 15.3 Å². The quantitative estimate of drug-likeness (QED) is 0.426. The molecule has 0 radical (unpaired) electrons. The van der Waals surface area contributed by atoms with Gasteiger partial charge < -0.3 is 21.8 Å². The fourth-order valence-electron chi connectivity index (χ4n) is 2.71. The van der Waals surface area contributed by atoms with Gasteiger partial charge in [-0.2, -0.15) is 0 Å². The fraction of sp³-hybridized carbons (Fsp3) is 0. The first-order chi connectivity index (χ1) is 12.6. The first-order valence-electron chi connectivity index (χ1n) is 8.11. The number of nitrogens with one attached hydrogen (secondary N) is 2. The van der Waals surface area contributed by atoms with Gasteiger partial charge in [0.25, 0.3) is 5.91 Å². The monoisotopic (exact) mass is 343 g/mol. The molecule has 128 valence electrons. The Labute approximate surface area is 149 Å². The van der Waals surface area contributed by atoms with Crippen LogP contribution in [0.2, 0.25) is 0 Å². The van der Waals surface area contributed by atoms with Crippen molar-refractivity contribution in [2.45, 2.75) is 0 Å². The maximum absolute atomic E-state index is 12.2. The Hall–Kier alpha value is -3.80. The van der Waals surface area contributed by atoms with E-state index in [1.165, 1.54) is 0 Å². The normalized spacial score (nSPS) is 10.8. The highest BCUT2D eigenvalue weighted by molar-refractivity contribution is 6.04. The second-order valence-electron chi connectivity index (χ2n) is 6.02. The van der Waals surface area contributed by atoms with Crippen LogP contribution in [-0.4, -0.2) is 15.9 Å². The summed E-state index contributed by atoms with van der Waals surface area (Å²) in [4.78, 5) is 20.1. The van der Waals surface area contributed by atoms with Crippen LogP contribution in [0, 0.1) is 0 Å². The molecular weight excluding hydrogens is 326 g/mol. The number of hydrogen-bond donors (Lipinski definition) is 4. The summed E-state index contributed by atoms with van der Waals surface area (Å²) < 4.78 is 0. The molecule has 6 heteroatoms. The van der Waals surface area contributed by atoms with Gasteiger partial charge in [0.1, 0.15) is 5.82 Å². The third-order valence-corrected chi connectivity index (χ3v) is 4.10. The molecule has 1 amide bonds. The molecule has 26 heavy (non-hydrogen) atoms.